The van der Waals surface area contributed by atoms with Crippen molar-refractivity contribution in [1.29, 1.82) is 0 Å². The van der Waals surface area contributed by atoms with E-state index in [9.17, 15) is 0 Å². The molecule has 1 heteroatoms. The van der Waals surface area contributed by atoms with Crippen LogP contribution < -0.4 is 0 Å². The predicted octanol–water partition coefficient (Wildman–Crippen LogP) is 7.91. The molecule has 0 aliphatic rings. The van der Waals surface area contributed by atoms with Crippen LogP contribution in [0, 0.1) is 0 Å². The summed E-state index contributed by atoms with van der Waals surface area (Å²) in [5.41, 5.74) is 4.44. The van der Waals surface area contributed by atoms with Crippen LogP contribution in [-0.4, -0.2) is 18.5 Å². The molecule has 152 valence electrons. The molecule has 2 unspecified atom stereocenters. The molecule has 4 aromatic carbocycles. The molecule has 0 nitrogen and oxygen atoms in total. The fourth-order valence-electron chi connectivity index (χ4n) is 4.18. The van der Waals surface area contributed by atoms with E-state index >= 15 is 0 Å². The summed E-state index contributed by atoms with van der Waals surface area (Å²) in [6.07, 6.45) is 6.35. The van der Waals surface area contributed by atoms with Crippen molar-refractivity contribution in [2.45, 2.75) is 25.7 Å². The fraction of sp³-hybridized carbons (Fsp3) is 0.241. The summed E-state index contributed by atoms with van der Waals surface area (Å²) in [5.74, 6) is 0.629. The zero-order valence-electron chi connectivity index (χ0n) is 17.9. The topological polar surface area (TPSA) is 0 Å². The van der Waals surface area contributed by atoms with E-state index in [-0.39, 0.29) is 7.92 Å². The van der Waals surface area contributed by atoms with Gasteiger partial charge in [-0.15, -0.1) is 7.92 Å². The van der Waals surface area contributed by atoms with Crippen molar-refractivity contribution in [1.82, 2.24) is 0 Å². The minimum Gasteiger partial charge on any atom is -0.105 e. The van der Waals surface area contributed by atoms with Crippen LogP contribution in [0.25, 0.3) is 10.8 Å². The smallest absolute Gasteiger partial charge is 0.0151 e. The maximum Gasteiger partial charge on any atom is -0.0151 e. The molecule has 0 amide bonds. The summed E-state index contributed by atoms with van der Waals surface area (Å²) in [5, 5.41) is 2.70. The second-order valence-electron chi connectivity index (χ2n) is 8.28. The van der Waals surface area contributed by atoms with Crippen molar-refractivity contribution in [3.05, 3.63) is 120 Å². The molecule has 0 heterocycles. The van der Waals surface area contributed by atoms with Crippen molar-refractivity contribution in [2.24, 2.45) is 0 Å². The molecule has 0 N–H and O–H groups in total. The first kappa shape index (κ1) is 20.8. The molecule has 30 heavy (non-hydrogen) atoms. The highest BCUT2D eigenvalue weighted by Gasteiger charge is 2.15. The van der Waals surface area contributed by atoms with Gasteiger partial charge in [0.1, 0.15) is 0 Å². The Morgan fingerprint density at radius 2 is 1.20 bits per heavy atom. The van der Waals surface area contributed by atoms with E-state index in [1.165, 1.54) is 58.8 Å². The highest BCUT2D eigenvalue weighted by Crippen LogP contribution is 2.41. The largest absolute Gasteiger partial charge is 0.105 e. The number of benzene rings is 4. The summed E-state index contributed by atoms with van der Waals surface area (Å²) < 4.78 is 0. The van der Waals surface area contributed by atoms with Gasteiger partial charge in [0.05, 0.1) is 0 Å². The van der Waals surface area contributed by atoms with E-state index in [2.05, 4.69) is 110 Å². The monoisotopic (exact) mass is 410 g/mol. The lowest BCUT2D eigenvalue weighted by atomic mass is 10.0. The molecule has 0 aliphatic heterocycles. The molecule has 2 atom stereocenters. The van der Waals surface area contributed by atoms with E-state index < -0.39 is 0 Å². The Labute approximate surface area is 182 Å². The molecule has 0 fully saturated rings. The summed E-state index contributed by atoms with van der Waals surface area (Å²) in [6.45, 7) is 2.41. The van der Waals surface area contributed by atoms with Crippen molar-refractivity contribution in [2.75, 3.05) is 18.5 Å². The summed E-state index contributed by atoms with van der Waals surface area (Å²) in [7, 11) is -0.0142. The molecule has 0 aliphatic carbocycles. The van der Waals surface area contributed by atoms with Crippen LogP contribution in [0.15, 0.2) is 103 Å². The quantitative estimate of drug-likeness (QED) is 0.246. The van der Waals surface area contributed by atoms with Gasteiger partial charge >= 0.3 is 0 Å². The van der Waals surface area contributed by atoms with Crippen LogP contribution in [0.3, 0.4) is 0 Å². The van der Waals surface area contributed by atoms with Crippen LogP contribution in [0.4, 0.5) is 0 Å². The minimum absolute atomic E-state index is 0.0142. The Morgan fingerprint density at radius 1 is 0.600 bits per heavy atom. The van der Waals surface area contributed by atoms with Gasteiger partial charge in [-0.25, -0.2) is 0 Å². The molecule has 0 aromatic heterocycles. The van der Waals surface area contributed by atoms with Gasteiger partial charge in [0.15, 0.2) is 0 Å². The number of hydrogen-bond acceptors (Lipinski definition) is 0. The van der Waals surface area contributed by atoms with Gasteiger partial charge in [0.2, 0.25) is 0 Å². The molecule has 0 saturated heterocycles. The molecular weight excluding hydrogens is 379 g/mol. The van der Waals surface area contributed by atoms with Gasteiger partial charge in [-0.3, -0.25) is 0 Å². The second-order valence-corrected chi connectivity index (χ2v) is 10.9. The van der Waals surface area contributed by atoms with Gasteiger partial charge in [-0.1, -0.05) is 110 Å². The third kappa shape index (κ3) is 5.80. The average molecular weight is 411 g/mol. The summed E-state index contributed by atoms with van der Waals surface area (Å²) in [6, 6.07) is 37.7. The van der Waals surface area contributed by atoms with Crippen molar-refractivity contribution < 1.29 is 0 Å². The van der Waals surface area contributed by atoms with Crippen LogP contribution in [-0.2, 0) is 12.8 Å². The summed E-state index contributed by atoms with van der Waals surface area (Å²) >= 11 is 0. The SMILES string of the molecule is CC(CP(CCc1ccccc1)CCc1ccc2ccccc2c1)c1ccccc1. The normalized spacial score (nSPS) is 13.2. The first-order chi connectivity index (χ1) is 14.8. The average Bonchev–Trinajstić information content (AvgIpc) is 2.82. The third-order valence-corrected chi connectivity index (χ3v) is 8.77. The fourth-order valence-corrected chi connectivity index (χ4v) is 6.91. The Kier molecular flexibility index (Phi) is 7.33. The van der Waals surface area contributed by atoms with Crippen LogP contribution in [0.1, 0.15) is 29.5 Å². The van der Waals surface area contributed by atoms with Gasteiger partial charge in [0, 0.05) is 0 Å². The zero-order chi connectivity index (χ0) is 20.6. The first-order valence-electron chi connectivity index (χ1n) is 11.1. The van der Waals surface area contributed by atoms with Crippen molar-refractivity contribution >= 4 is 18.7 Å². The Morgan fingerprint density at radius 3 is 1.93 bits per heavy atom. The standard InChI is InChI=1S/C29H31P/c1-24(27-12-6-3-7-13-27)23-30(20-18-25-10-4-2-5-11-25)21-19-26-16-17-28-14-8-9-15-29(28)22-26/h2-17,22,24H,18-21,23H2,1H3. The Bertz CT molecular complexity index is 1040. The first-order valence-corrected chi connectivity index (χ1v) is 13.0. The molecule has 0 spiro atoms. The predicted molar refractivity (Wildman–Crippen MR) is 134 cm³/mol. The number of fused-ring (bicyclic) bond motifs is 1. The van der Waals surface area contributed by atoms with Crippen LogP contribution >= 0.6 is 7.92 Å². The maximum absolute atomic E-state index is 2.41. The van der Waals surface area contributed by atoms with Crippen LogP contribution in [0.2, 0.25) is 0 Å². The van der Waals surface area contributed by atoms with E-state index in [0.29, 0.717) is 5.92 Å². The number of hydrogen-bond donors (Lipinski definition) is 0. The number of aryl methyl sites for hydroxylation is 2. The van der Waals surface area contributed by atoms with Crippen LogP contribution in [0.5, 0.6) is 0 Å². The molecule has 0 radical (unpaired) electrons. The van der Waals surface area contributed by atoms with E-state index in [1.54, 1.807) is 0 Å². The van der Waals surface area contributed by atoms with Gasteiger partial charge in [-0.05, 0) is 64.7 Å². The minimum atomic E-state index is -0.0142. The highest BCUT2D eigenvalue weighted by molar-refractivity contribution is 7.57. The second kappa shape index (κ2) is 10.6. The maximum atomic E-state index is 2.41. The number of rotatable bonds is 9. The van der Waals surface area contributed by atoms with Gasteiger partial charge < -0.3 is 0 Å². The van der Waals surface area contributed by atoms with E-state index in [4.69, 9.17) is 0 Å². The highest BCUT2D eigenvalue weighted by atomic mass is 31.1. The van der Waals surface area contributed by atoms with Crippen molar-refractivity contribution in [3.8, 4) is 0 Å². The Balaban J connectivity index is 1.43. The van der Waals surface area contributed by atoms with Gasteiger partial charge in [-0.2, -0.15) is 0 Å². The lowest BCUT2D eigenvalue weighted by Gasteiger charge is -2.22. The third-order valence-electron chi connectivity index (χ3n) is 5.99. The molecule has 0 bridgehead atoms. The molecule has 4 aromatic rings. The van der Waals surface area contributed by atoms with Gasteiger partial charge in [0.25, 0.3) is 0 Å². The van der Waals surface area contributed by atoms with E-state index in [0.717, 1.165) is 0 Å². The molecule has 4 rings (SSSR count). The Hall–Kier alpha value is -2.43. The lowest BCUT2D eigenvalue weighted by Crippen LogP contribution is -2.06. The molecule has 0 saturated carbocycles. The summed E-state index contributed by atoms with van der Waals surface area (Å²) in [4.78, 5) is 0. The zero-order valence-corrected chi connectivity index (χ0v) is 18.8. The lowest BCUT2D eigenvalue weighted by molar-refractivity contribution is 0.867. The van der Waals surface area contributed by atoms with Crippen molar-refractivity contribution in [3.63, 3.8) is 0 Å². The molecular formula is C29H31P. The van der Waals surface area contributed by atoms with E-state index in [1.807, 2.05) is 0 Å².